The number of nitrogens with one attached hydrogen (secondary N) is 1. The van der Waals surface area contributed by atoms with Crippen LogP contribution in [0.15, 0.2) is 0 Å². The van der Waals surface area contributed by atoms with Gasteiger partial charge in [-0.2, -0.15) is 0 Å². The molecular formula is C57H112NO10P. The molecule has 0 aromatic carbocycles. The fourth-order valence-corrected chi connectivity index (χ4v) is 9.86. The molecular weight excluding hydrogens is 890 g/mol. The number of ether oxygens (including phenoxy) is 1. The van der Waals surface area contributed by atoms with Crippen molar-refractivity contribution in [2.45, 2.75) is 328 Å². The molecule has 4 N–H and O–H groups in total. The molecule has 0 heterocycles. The zero-order valence-electron chi connectivity index (χ0n) is 45.2. The van der Waals surface area contributed by atoms with Gasteiger partial charge in [-0.1, -0.05) is 290 Å². The van der Waals surface area contributed by atoms with Gasteiger partial charge in [-0.15, -0.1) is 0 Å². The molecule has 0 rings (SSSR count). The first-order valence-corrected chi connectivity index (χ1v) is 31.1. The summed E-state index contributed by atoms with van der Waals surface area (Å²) in [5.41, 5.74) is 0. The van der Waals surface area contributed by atoms with E-state index in [1.165, 1.54) is 238 Å². The van der Waals surface area contributed by atoms with Gasteiger partial charge in [0.15, 0.2) is 6.04 Å². The first kappa shape index (κ1) is 67.5. The minimum Gasteiger partial charge on any atom is -0.480 e. The van der Waals surface area contributed by atoms with E-state index in [2.05, 4.69) is 19.2 Å². The summed E-state index contributed by atoms with van der Waals surface area (Å²) >= 11 is 0. The molecule has 0 bridgehead atoms. The van der Waals surface area contributed by atoms with Gasteiger partial charge in [0.05, 0.1) is 13.2 Å². The Bertz CT molecular complexity index is 1170. The fourth-order valence-electron chi connectivity index (χ4n) is 9.09. The number of unbranched alkanes of at least 4 members (excludes halogenated alkanes) is 43. The number of amides is 1. The number of rotatable bonds is 57. The van der Waals surface area contributed by atoms with Crippen LogP contribution >= 0.6 is 7.82 Å². The lowest BCUT2D eigenvalue weighted by molar-refractivity contribution is -0.147. The van der Waals surface area contributed by atoms with Gasteiger partial charge < -0.3 is 25.2 Å². The number of carbonyl (C=O) groups is 3. The van der Waals surface area contributed by atoms with Crippen molar-refractivity contribution in [2.75, 3.05) is 19.8 Å². The molecule has 11 nitrogen and oxygen atoms in total. The van der Waals surface area contributed by atoms with Crippen molar-refractivity contribution in [1.29, 1.82) is 0 Å². The Kier molecular flexibility index (Phi) is 51.6. The number of esters is 1. The molecule has 1 amide bonds. The lowest BCUT2D eigenvalue weighted by Gasteiger charge is -2.18. The SMILES string of the molecule is CCCCCCCCCCCCCCCCCCCCCCCCCC(=O)OCC(O)COP(=O)(O)OCC(NC(=O)CCCCCCCCCCCCCCCCCCCCCCCC)C(=O)O. The van der Waals surface area contributed by atoms with E-state index < -0.39 is 57.6 Å². The average Bonchev–Trinajstić information content (AvgIpc) is 3.33. The fraction of sp³-hybridized carbons (Fsp3) is 0.947. The van der Waals surface area contributed by atoms with E-state index >= 15 is 0 Å². The van der Waals surface area contributed by atoms with Gasteiger partial charge in [0.1, 0.15) is 12.7 Å². The predicted octanol–water partition coefficient (Wildman–Crippen LogP) is 17.0. The van der Waals surface area contributed by atoms with E-state index in [1.807, 2.05) is 0 Å². The Morgan fingerprint density at radius 1 is 0.406 bits per heavy atom. The number of carboxylic acids is 1. The summed E-state index contributed by atoms with van der Waals surface area (Å²) in [6, 6.07) is -1.54. The lowest BCUT2D eigenvalue weighted by Crippen LogP contribution is -2.43. The molecule has 0 fully saturated rings. The summed E-state index contributed by atoms with van der Waals surface area (Å²) in [5.74, 6) is -2.34. The molecule has 69 heavy (non-hydrogen) atoms. The number of phosphoric ester groups is 1. The minimum absolute atomic E-state index is 0.154. The Hall–Kier alpha value is -1.52. The minimum atomic E-state index is -4.76. The Balaban J connectivity index is 3.71. The number of carbonyl (C=O) groups excluding carboxylic acids is 2. The summed E-state index contributed by atoms with van der Waals surface area (Å²) < 4.78 is 27.1. The number of phosphoric acid groups is 1. The third kappa shape index (κ3) is 52.6. The summed E-state index contributed by atoms with van der Waals surface area (Å²) in [4.78, 5) is 46.3. The van der Waals surface area contributed by atoms with Gasteiger partial charge >= 0.3 is 19.8 Å². The summed E-state index contributed by atoms with van der Waals surface area (Å²) in [6.45, 7) is 2.68. The zero-order valence-corrected chi connectivity index (χ0v) is 46.1. The molecule has 410 valence electrons. The highest BCUT2D eigenvalue weighted by Gasteiger charge is 2.28. The molecule has 0 radical (unpaired) electrons. The van der Waals surface area contributed by atoms with Crippen molar-refractivity contribution in [2.24, 2.45) is 0 Å². The largest absolute Gasteiger partial charge is 0.480 e. The van der Waals surface area contributed by atoms with Crippen molar-refractivity contribution in [3.8, 4) is 0 Å². The molecule has 0 saturated heterocycles. The van der Waals surface area contributed by atoms with Crippen molar-refractivity contribution < 1.29 is 47.8 Å². The Morgan fingerprint density at radius 2 is 0.667 bits per heavy atom. The number of carboxylic acid groups (broad SMARTS) is 1. The summed E-state index contributed by atoms with van der Waals surface area (Å²) in [7, 11) is -4.76. The van der Waals surface area contributed by atoms with Crippen molar-refractivity contribution in [3.05, 3.63) is 0 Å². The second-order valence-corrected chi connectivity index (χ2v) is 22.0. The molecule has 3 atom stereocenters. The molecule has 0 aliphatic heterocycles. The van der Waals surface area contributed by atoms with Crippen LogP contribution in [0.4, 0.5) is 0 Å². The van der Waals surface area contributed by atoms with E-state index in [0.29, 0.717) is 12.8 Å². The zero-order chi connectivity index (χ0) is 50.6. The van der Waals surface area contributed by atoms with Crippen molar-refractivity contribution >= 4 is 25.7 Å². The topological polar surface area (TPSA) is 169 Å². The normalized spacial score (nSPS) is 13.3. The number of aliphatic hydroxyl groups is 1. The van der Waals surface area contributed by atoms with Crippen LogP contribution in [0, 0.1) is 0 Å². The van der Waals surface area contributed by atoms with Gasteiger partial charge in [0.25, 0.3) is 0 Å². The molecule has 3 unspecified atom stereocenters. The second kappa shape index (κ2) is 52.8. The molecule has 0 aromatic heterocycles. The quantitative estimate of drug-likeness (QED) is 0.0261. The highest BCUT2D eigenvalue weighted by molar-refractivity contribution is 7.47. The van der Waals surface area contributed by atoms with Gasteiger partial charge in [-0.3, -0.25) is 18.6 Å². The number of aliphatic hydroxyl groups excluding tert-OH is 1. The first-order valence-electron chi connectivity index (χ1n) is 29.6. The number of hydrogen-bond donors (Lipinski definition) is 4. The highest BCUT2D eigenvalue weighted by Crippen LogP contribution is 2.43. The summed E-state index contributed by atoms with van der Waals surface area (Å²) in [5, 5.41) is 22.0. The van der Waals surface area contributed by atoms with E-state index in [4.69, 9.17) is 13.8 Å². The van der Waals surface area contributed by atoms with E-state index in [9.17, 15) is 34.1 Å². The standard InChI is InChI=1S/C57H112NO10P/c1-3-5-7-9-11-13-15-17-19-21-23-25-27-29-31-33-35-37-39-41-43-45-47-49-56(61)66-50-53(59)51-67-69(64,65)68-52-54(57(62)63)58-55(60)48-46-44-42-40-38-36-34-32-30-28-26-24-22-20-18-16-14-12-10-8-6-4-2/h53-54,59H,3-52H2,1-2H3,(H,58,60)(H,62,63)(H,64,65). The van der Waals surface area contributed by atoms with Crippen LogP contribution in [0.1, 0.15) is 316 Å². The average molecular weight is 1000 g/mol. The maximum absolute atomic E-state index is 12.4. The Morgan fingerprint density at radius 3 is 0.957 bits per heavy atom. The van der Waals surface area contributed by atoms with E-state index in [1.54, 1.807) is 0 Å². The maximum Gasteiger partial charge on any atom is 0.472 e. The number of aliphatic carboxylic acids is 1. The van der Waals surface area contributed by atoms with Crippen LogP contribution < -0.4 is 5.32 Å². The molecule has 0 aliphatic rings. The van der Waals surface area contributed by atoms with Crippen molar-refractivity contribution in [3.63, 3.8) is 0 Å². The molecule has 12 heteroatoms. The van der Waals surface area contributed by atoms with Gasteiger partial charge in [0, 0.05) is 12.8 Å². The first-order chi connectivity index (χ1) is 33.6. The van der Waals surface area contributed by atoms with Crippen LogP contribution in [0.25, 0.3) is 0 Å². The third-order valence-electron chi connectivity index (χ3n) is 13.6. The monoisotopic (exact) mass is 1000 g/mol. The predicted molar refractivity (Wildman–Crippen MR) is 287 cm³/mol. The van der Waals surface area contributed by atoms with Crippen molar-refractivity contribution in [1.82, 2.24) is 5.32 Å². The van der Waals surface area contributed by atoms with Crippen LogP contribution in [0.3, 0.4) is 0 Å². The molecule has 0 aliphatic carbocycles. The lowest BCUT2D eigenvalue weighted by atomic mass is 10.0. The van der Waals surface area contributed by atoms with E-state index in [-0.39, 0.29) is 12.8 Å². The molecule has 0 saturated carbocycles. The second-order valence-electron chi connectivity index (χ2n) is 20.6. The Labute approximate surface area is 424 Å². The van der Waals surface area contributed by atoms with Crippen LogP contribution in [-0.2, 0) is 32.7 Å². The highest BCUT2D eigenvalue weighted by atomic mass is 31.2. The molecule has 0 spiro atoms. The van der Waals surface area contributed by atoms with Crippen LogP contribution in [0.2, 0.25) is 0 Å². The van der Waals surface area contributed by atoms with E-state index in [0.717, 1.165) is 38.5 Å². The number of hydrogen-bond acceptors (Lipinski definition) is 8. The van der Waals surface area contributed by atoms with Gasteiger partial charge in [-0.25, -0.2) is 9.36 Å². The summed E-state index contributed by atoms with van der Waals surface area (Å²) in [6.07, 6.45) is 57.1. The maximum atomic E-state index is 12.4. The molecule has 0 aromatic rings. The third-order valence-corrected chi connectivity index (χ3v) is 14.6. The van der Waals surface area contributed by atoms with Gasteiger partial charge in [0.2, 0.25) is 5.91 Å². The van der Waals surface area contributed by atoms with Crippen LogP contribution in [0.5, 0.6) is 0 Å². The van der Waals surface area contributed by atoms with Gasteiger partial charge in [-0.05, 0) is 12.8 Å². The van der Waals surface area contributed by atoms with Crippen LogP contribution in [-0.4, -0.2) is 64.9 Å². The smallest absolute Gasteiger partial charge is 0.472 e.